The van der Waals surface area contributed by atoms with Gasteiger partial charge in [-0.15, -0.1) is 11.6 Å². The van der Waals surface area contributed by atoms with Gasteiger partial charge in [0.15, 0.2) is 0 Å². The summed E-state index contributed by atoms with van der Waals surface area (Å²) < 4.78 is 0. The molecule has 2 atom stereocenters. The van der Waals surface area contributed by atoms with Crippen LogP contribution in [-0.4, -0.2) is 29.8 Å². The van der Waals surface area contributed by atoms with Gasteiger partial charge in [-0.25, -0.2) is 0 Å². The number of carbonyl (C=O) groups is 1. The van der Waals surface area contributed by atoms with Crippen molar-refractivity contribution in [1.29, 1.82) is 0 Å². The second-order valence-electron chi connectivity index (χ2n) is 3.83. The highest BCUT2D eigenvalue weighted by molar-refractivity contribution is 6.18. The molecule has 3 heteroatoms. The average Bonchev–Trinajstić information content (AvgIpc) is 2.81. The minimum absolute atomic E-state index is 0.301. The Kier molecular flexibility index (Phi) is 4.04. The highest BCUT2D eigenvalue weighted by Gasteiger charge is 2.40. The summed E-state index contributed by atoms with van der Waals surface area (Å²) in [5.41, 5.74) is 0. The third kappa shape index (κ3) is 2.87. The molecule has 76 valence electrons. The van der Waals surface area contributed by atoms with E-state index >= 15 is 0 Å². The molecule has 1 saturated carbocycles. The summed E-state index contributed by atoms with van der Waals surface area (Å²) in [6.07, 6.45) is 2.09. The second-order valence-corrected chi connectivity index (χ2v) is 4.21. The molecule has 1 fully saturated rings. The van der Waals surface area contributed by atoms with Gasteiger partial charge in [0.05, 0.1) is 0 Å². The number of nitrogens with zero attached hydrogens (tertiary/aromatic N) is 1. The van der Waals surface area contributed by atoms with Gasteiger partial charge < -0.3 is 4.90 Å². The summed E-state index contributed by atoms with van der Waals surface area (Å²) in [7, 11) is 0. The van der Waals surface area contributed by atoms with E-state index < -0.39 is 0 Å². The molecule has 0 aromatic rings. The quantitative estimate of drug-likeness (QED) is 0.627. The third-order valence-corrected chi connectivity index (χ3v) is 2.76. The van der Waals surface area contributed by atoms with Crippen LogP contribution in [0.4, 0.5) is 0 Å². The molecule has 0 aliphatic heterocycles. The van der Waals surface area contributed by atoms with Crippen LogP contribution in [0.15, 0.2) is 0 Å². The number of carbonyl (C=O) groups excluding carboxylic acids is 1. The predicted molar refractivity (Wildman–Crippen MR) is 54.9 cm³/mol. The first kappa shape index (κ1) is 10.8. The molecular weight excluding hydrogens is 186 g/mol. The first-order chi connectivity index (χ1) is 6.20. The van der Waals surface area contributed by atoms with Crippen LogP contribution in [0.2, 0.25) is 0 Å². The molecular formula is C10H18ClNO. The van der Waals surface area contributed by atoms with Crippen molar-refractivity contribution in [1.82, 2.24) is 4.90 Å². The van der Waals surface area contributed by atoms with Crippen molar-refractivity contribution in [2.75, 3.05) is 19.0 Å². The van der Waals surface area contributed by atoms with E-state index in [1.165, 1.54) is 0 Å². The summed E-state index contributed by atoms with van der Waals surface area (Å²) in [6.45, 7) is 5.78. The minimum Gasteiger partial charge on any atom is -0.341 e. The SMILES string of the molecule is CCCN(CCCl)C(=O)C1CC1C. The zero-order valence-electron chi connectivity index (χ0n) is 8.42. The molecule has 0 N–H and O–H groups in total. The van der Waals surface area contributed by atoms with Crippen molar-refractivity contribution in [2.24, 2.45) is 11.8 Å². The average molecular weight is 204 g/mol. The maximum atomic E-state index is 11.8. The fraction of sp³-hybridized carbons (Fsp3) is 0.900. The van der Waals surface area contributed by atoms with Crippen LogP contribution in [0.5, 0.6) is 0 Å². The summed E-state index contributed by atoms with van der Waals surface area (Å²) in [5, 5.41) is 0. The summed E-state index contributed by atoms with van der Waals surface area (Å²) in [5.74, 6) is 1.76. The van der Waals surface area contributed by atoms with Crippen LogP contribution in [0.3, 0.4) is 0 Å². The second kappa shape index (κ2) is 4.85. The Labute approximate surface area is 85.2 Å². The van der Waals surface area contributed by atoms with E-state index in [-0.39, 0.29) is 0 Å². The van der Waals surface area contributed by atoms with Gasteiger partial charge in [-0.1, -0.05) is 13.8 Å². The zero-order valence-corrected chi connectivity index (χ0v) is 9.18. The van der Waals surface area contributed by atoms with Crippen LogP contribution in [-0.2, 0) is 4.79 Å². The van der Waals surface area contributed by atoms with Crippen molar-refractivity contribution in [3.63, 3.8) is 0 Å². The van der Waals surface area contributed by atoms with Crippen molar-refractivity contribution in [3.05, 3.63) is 0 Å². The maximum Gasteiger partial charge on any atom is 0.225 e. The van der Waals surface area contributed by atoms with Gasteiger partial charge in [-0.05, 0) is 18.8 Å². The molecule has 2 unspecified atom stereocenters. The lowest BCUT2D eigenvalue weighted by Crippen LogP contribution is -2.34. The fourth-order valence-corrected chi connectivity index (χ4v) is 1.81. The Balaban J connectivity index is 2.38. The molecule has 13 heavy (non-hydrogen) atoms. The summed E-state index contributed by atoms with van der Waals surface area (Å²) in [4.78, 5) is 13.7. The van der Waals surface area contributed by atoms with Crippen molar-refractivity contribution < 1.29 is 4.79 Å². The molecule has 1 aliphatic carbocycles. The molecule has 0 spiro atoms. The molecule has 0 bridgehead atoms. The van der Waals surface area contributed by atoms with Gasteiger partial charge in [-0.3, -0.25) is 4.79 Å². The van der Waals surface area contributed by atoms with Crippen molar-refractivity contribution in [3.8, 4) is 0 Å². The Morgan fingerprint density at radius 1 is 1.54 bits per heavy atom. The summed E-state index contributed by atoms with van der Waals surface area (Å²) >= 11 is 5.64. The number of halogens is 1. The van der Waals surface area contributed by atoms with E-state index in [9.17, 15) is 4.79 Å². The lowest BCUT2D eigenvalue weighted by atomic mass is 10.3. The normalized spacial score (nSPS) is 25.8. The largest absolute Gasteiger partial charge is 0.341 e. The molecule has 0 heterocycles. The van der Waals surface area contributed by atoms with Crippen LogP contribution in [0.1, 0.15) is 26.7 Å². The molecule has 0 saturated heterocycles. The van der Waals surface area contributed by atoms with Gasteiger partial charge in [0.1, 0.15) is 0 Å². The van der Waals surface area contributed by atoms with Crippen LogP contribution in [0, 0.1) is 11.8 Å². The number of hydrogen-bond donors (Lipinski definition) is 0. The molecule has 1 amide bonds. The zero-order chi connectivity index (χ0) is 9.84. The van der Waals surface area contributed by atoms with Gasteiger partial charge >= 0.3 is 0 Å². The lowest BCUT2D eigenvalue weighted by Gasteiger charge is -2.20. The topological polar surface area (TPSA) is 20.3 Å². The van der Waals surface area contributed by atoms with Crippen molar-refractivity contribution in [2.45, 2.75) is 26.7 Å². The van der Waals surface area contributed by atoms with Crippen LogP contribution < -0.4 is 0 Å². The van der Waals surface area contributed by atoms with E-state index in [0.717, 1.165) is 19.4 Å². The van der Waals surface area contributed by atoms with E-state index in [4.69, 9.17) is 11.6 Å². The molecule has 1 aliphatic rings. The van der Waals surface area contributed by atoms with Crippen molar-refractivity contribution >= 4 is 17.5 Å². The fourth-order valence-electron chi connectivity index (χ4n) is 1.60. The molecule has 0 radical (unpaired) electrons. The number of amides is 1. The predicted octanol–water partition coefficient (Wildman–Crippen LogP) is 2.12. The van der Waals surface area contributed by atoms with E-state index in [0.29, 0.717) is 30.2 Å². The first-order valence-corrected chi connectivity index (χ1v) is 5.58. The van der Waals surface area contributed by atoms with Gasteiger partial charge in [-0.2, -0.15) is 0 Å². The number of alkyl halides is 1. The van der Waals surface area contributed by atoms with E-state index in [1.54, 1.807) is 0 Å². The van der Waals surface area contributed by atoms with Crippen LogP contribution in [0.25, 0.3) is 0 Å². The molecule has 0 aromatic carbocycles. The lowest BCUT2D eigenvalue weighted by molar-refractivity contribution is -0.132. The third-order valence-electron chi connectivity index (χ3n) is 2.59. The Hall–Kier alpha value is -0.240. The van der Waals surface area contributed by atoms with Crippen LogP contribution >= 0.6 is 11.6 Å². The smallest absolute Gasteiger partial charge is 0.225 e. The summed E-state index contributed by atoms with van der Waals surface area (Å²) in [6, 6.07) is 0. The molecule has 1 rings (SSSR count). The Morgan fingerprint density at radius 2 is 2.15 bits per heavy atom. The van der Waals surface area contributed by atoms with Gasteiger partial charge in [0.2, 0.25) is 5.91 Å². The number of hydrogen-bond acceptors (Lipinski definition) is 1. The molecule has 2 nitrogen and oxygen atoms in total. The number of rotatable bonds is 5. The standard InChI is InChI=1S/C10H18ClNO/c1-3-5-12(6-4-11)10(13)9-7-8(9)2/h8-9H,3-7H2,1-2H3. The van der Waals surface area contributed by atoms with Gasteiger partial charge in [0, 0.05) is 24.9 Å². The Bertz CT molecular complexity index is 178. The van der Waals surface area contributed by atoms with E-state index in [1.807, 2.05) is 4.90 Å². The Morgan fingerprint density at radius 3 is 2.54 bits per heavy atom. The van der Waals surface area contributed by atoms with E-state index in [2.05, 4.69) is 13.8 Å². The van der Waals surface area contributed by atoms with Gasteiger partial charge in [0.25, 0.3) is 0 Å². The monoisotopic (exact) mass is 203 g/mol. The highest BCUT2D eigenvalue weighted by atomic mass is 35.5. The minimum atomic E-state index is 0.301. The maximum absolute atomic E-state index is 11.8. The molecule has 0 aromatic heterocycles. The first-order valence-electron chi connectivity index (χ1n) is 5.05. The highest BCUT2D eigenvalue weighted by Crippen LogP contribution is 2.39.